The lowest BCUT2D eigenvalue weighted by atomic mass is 10.1. The molecule has 3 heterocycles. The van der Waals surface area contributed by atoms with Gasteiger partial charge < -0.3 is 5.32 Å². The van der Waals surface area contributed by atoms with Crippen molar-refractivity contribution in [1.82, 2.24) is 14.6 Å². The van der Waals surface area contributed by atoms with Crippen molar-refractivity contribution in [2.75, 3.05) is 30.5 Å². The van der Waals surface area contributed by atoms with Crippen LogP contribution in [0.2, 0.25) is 0 Å². The van der Waals surface area contributed by atoms with Gasteiger partial charge in [0.25, 0.3) is 0 Å². The van der Waals surface area contributed by atoms with Crippen LogP contribution >= 0.6 is 11.0 Å². The lowest BCUT2D eigenvalue weighted by Gasteiger charge is -2.45. The third kappa shape index (κ3) is 2.78. The van der Waals surface area contributed by atoms with E-state index in [0.29, 0.717) is 13.1 Å². The first-order valence-electron chi connectivity index (χ1n) is 8.20. The van der Waals surface area contributed by atoms with Crippen molar-refractivity contribution in [2.45, 2.75) is 12.5 Å². The van der Waals surface area contributed by atoms with Crippen LogP contribution in [-0.4, -0.2) is 50.6 Å². The van der Waals surface area contributed by atoms with Crippen LogP contribution in [0.5, 0.6) is 0 Å². The molecule has 2 saturated heterocycles. The second-order valence-electron chi connectivity index (χ2n) is 6.16. The van der Waals surface area contributed by atoms with Crippen LogP contribution in [0.15, 0.2) is 48.8 Å². The Bertz CT molecular complexity index is 689. The highest BCUT2D eigenvalue weighted by Crippen LogP contribution is 2.54. The van der Waals surface area contributed by atoms with E-state index in [0.717, 1.165) is 36.3 Å². The number of benzene rings is 1. The predicted molar refractivity (Wildman–Crippen MR) is 97.8 cm³/mol. The summed E-state index contributed by atoms with van der Waals surface area (Å²) in [6.07, 6.45) is 4.51. The molecule has 0 aliphatic carbocycles. The normalized spacial score (nSPS) is 25.1. The maximum atomic E-state index is 10.8. The highest BCUT2D eigenvalue weighted by atomic mass is 32.3. The summed E-state index contributed by atoms with van der Waals surface area (Å²) in [5, 5.41) is 3.29. The summed E-state index contributed by atoms with van der Waals surface area (Å²) in [6, 6.07) is 12.1. The van der Waals surface area contributed by atoms with Crippen molar-refractivity contribution >= 4 is 16.6 Å². The molecule has 0 saturated carbocycles. The molecule has 128 valence electrons. The molecule has 0 radical (unpaired) electrons. The summed E-state index contributed by atoms with van der Waals surface area (Å²) < 4.78 is 25.1. The largest absolute Gasteiger partial charge is 0.315 e. The quantitative estimate of drug-likeness (QED) is 0.794. The fourth-order valence-corrected chi connectivity index (χ4v) is 5.35. The lowest BCUT2D eigenvalue weighted by Crippen LogP contribution is -2.38. The van der Waals surface area contributed by atoms with Gasteiger partial charge in [-0.1, -0.05) is 23.1 Å². The molecule has 6 nitrogen and oxygen atoms in total. The Labute approximate surface area is 143 Å². The highest BCUT2D eigenvalue weighted by molar-refractivity contribution is 8.23. The Kier molecular flexibility index (Phi) is 4.19. The lowest BCUT2D eigenvalue weighted by molar-refractivity contribution is 0.322. The molecule has 24 heavy (non-hydrogen) atoms. The van der Waals surface area contributed by atoms with Gasteiger partial charge in [-0.2, -0.15) is 4.31 Å². The van der Waals surface area contributed by atoms with Crippen LogP contribution in [0.3, 0.4) is 0 Å². The third-order valence-corrected chi connectivity index (χ3v) is 6.84. The molecule has 1 aromatic heterocycles. The van der Waals surface area contributed by atoms with Crippen molar-refractivity contribution in [3.63, 3.8) is 0 Å². The minimum absolute atomic E-state index is 0.205. The van der Waals surface area contributed by atoms with E-state index >= 15 is 0 Å². The number of aromatic nitrogens is 1. The predicted octanol–water partition coefficient (Wildman–Crippen LogP) is 2.81. The monoisotopic (exact) mass is 346 g/mol. The molecule has 1 atom stereocenters. The van der Waals surface area contributed by atoms with E-state index < -0.39 is 11.0 Å². The molecule has 3 N–H and O–H groups in total. The molecular formula is C17H22N4O2S. The second kappa shape index (κ2) is 6.34. The van der Waals surface area contributed by atoms with E-state index in [1.165, 1.54) is 0 Å². The van der Waals surface area contributed by atoms with Crippen molar-refractivity contribution < 1.29 is 9.11 Å². The maximum absolute atomic E-state index is 10.8. The zero-order chi connectivity index (χ0) is 16.6. The molecule has 0 spiro atoms. The van der Waals surface area contributed by atoms with Crippen molar-refractivity contribution in [1.29, 1.82) is 0 Å². The number of rotatable bonds is 3. The molecular weight excluding hydrogens is 324 g/mol. The van der Waals surface area contributed by atoms with Gasteiger partial charge in [0, 0.05) is 31.5 Å². The third-order valence-electron chi connectivity index (χ3n) is 4.74. The van der Waals surface area contributed by atoms with Gasteiger partial charge >= 0.3 is 0 Å². The second-order valence-corrected chi connectivity index (χ2v) is 8.05. The minimum atomic E-state index is -2.93. The summed E-state index contributed by atoms with van der Waals surface area (Å²) in [5.74, 6) is 0. The van der Waals surface area contributed by atoms with Crippen LogP contribution in [0, 0.1) is 0 Å². The summed E-state index contributed by atoms with van der Waals surface area (Å²) in [6.45, 7) is 3.08. The molecule has 2 aromatic rings. The number of hydrogen-bond acceptors (Lipinski definition) is 6. The Morgan fingerprint density at radius 2 is 1.71 bits per heavy atom. The number of anilines is 1. The minimum Gasteiger partial charge on any atom is -0.315 e. The van der Waals surface area contributed by atoms with Crippen LogP contribution in [-0.2, 0) is 0 Å². The van der Waals surface area contributed by atoms with Gasteiger partial charge in [0.05, 0.1) is 12.2 Å². The smallest absolute Gasteiger partial charge is 0.0583 e. The molecule has 2 fully saturated rings. The standard InChI is InChI=1S/C17H22N4O2S/c22-24(23)20(11-12-21(24)17-7-10-19-13-17)16-3-1-14(2-4-16)15-5-8-18-9-6-15/h1-6,8-9,17,19,22-23H,7,10-13H2. The molecule has 1 unspecified atom stereocenters. The van der Waals surface area contributed by atoms with Crippen LogP contribution in [0.4, 0.5) is 5.69 Å². The van der Waals surface area contributed by atoms with Crippen molar-refractivity contribution in [3.8, 4) is 11.1 Å². The molecule has 2 aliphatic rings. The topological polar surface area (TPSA) is 71.9 Å². The Morgan fingerprint density at radius 3 is 2.38 bits per heavy atom. The summed E-state index contributed by atoms with van der Waals surface area (Å²) in [5.41, 5.74) is 3.04. The Hall–Kier alpha value is -1.64. The van der Waals surface area contributed by atoms with Crippen molar-refractivity contribution in [2.24, 2.45) is 0 Å². The number of nitrogens with zero attached hydrogens (tertiary/aromatic N) is 3. The zero-order valence-corrected chi connectivity index (χ0v) is 14.2. The Morgan fingerprint density at radius 1 is 1.00 bits per heavy atom. The average molecular weight is 346 g/mol. The molecule has 1 aromatic carbocycles. The molecule has 0 bridgehead atoms. The molecule has 7 heteroatoms. The zero-order valence-electron chi connectivity index (χ0n) is 13.4. The fourth-order valence-electron chi connectivity index (χ4n) is 3.46. The highest BCUT2D eigenvalue weighted by Gasteiger charge is 2.41. The van der Waals surface area contributed by atoms with Crippen LogP contribution in [0.25, 0.3) is 11.1 Å². The van der Waals surface area contributed by atoms with Gasteiger partial charge in [0.1, 0.15) is 0 Å². The molecule has 2 aliphatic heterocycles. The van der Waals surface area contributed by atoms with Crippen LogP contribution in [0.1, 0.15) is 6.42 Å². The van der Waals surface area contributed by atoms with Gasteiger partial charge in [-0.05, 0) is 48.4 Å². The van der Waals surface area contributed by atoms with E-state index in [1.807, 2.05) is 40.7 Å². The molecule has 0 amide bonds. The van der Waals surface area contributed by atoms with Gasteiger partial charge in [0.15, 0.2) is 0 Å². The van der Waals surface area contributed by atoms with E-state index in [-0.39, 0.29) is 6.04 Å². The van der Waals surface area contributed by atoms with E-state index in [9.17, 15) is 9.11 Å². The summed E-state index contributed by atoms with van der Waals surface area (Å²) in [7, 11) is -2.93. The van der Waals surface area contributed by atoms with E-state index in [2.05, 4.69) is 10.3 Å². The first-order chi connectivity index (χ1) is 11.7. The van der Waals surface area contributed by atoms with Gasteiger partial charge in [-0.25, -0.2) is 0 Å². The number of pyridine rings is 1. The molecule has 4 rings (SSSR count). The van der Waals surface area contributed by atoms with E-state index in [4.69, 9.17) is 0 Å². The van der Waals surface area contributed by atoms with E-state index in [1.54, 1.807) is 16.7 Å². The van der Waals surface area contributed by atoms with Crippen LogP contribution < -0.4 is 9.62 Å². The van der Waals surface area contributed by atoms with Gasteiger partial charge in [0.2, 0.25) is 0 Å². The summed E-state index contributed by atoms with van der Waals surface area (Å²) in [4.78, 5) is 4.03. The number of nitrogens with one attached hydrogen (secondary N) is 1. The number of hydrogen-bond donors (Lipinski definition) is 3. The first kappa shape index (κ1) is 15.9. The first-order valence-corrected chi connectivity index (χ1v) is 9.66. The fraction of sp³-hybridized carbons (Fsp3) is 0.353. The van der Waals surface area contributed by atoms with Gasteiger partial charge in [-0.3, -0.25) is 18.4 Å². The Balaban J connectivity index is 1.55. The SMILES string of the molecule is OS1(O)N(c2ccc(-c3ccncc3)cc2)CCN1C1CCNC1. The maximum Gasteiger partial charge on any atom is 0.0583 e. The van der Waals surface area contributed by atoms with Gasteiger partial charge in [-0.15, -0.1) is 0 Å². The summed E-state index contributed by atoms with van der Waals surface area (Å²) >= 11 is 0. The van der Waals surface area contributed by atoms with Crippen molar-refractivity contribution in [3.05, 3.63) is 48.8 Å². The average Bonchev–Trinajstić information content (AvgIpc) is 3.23.